The number of carbonyl (C=O) groups is 2. The van der Waals surface area contributed by atoms with E-state index >= 15 is 0 Å². The Balaban J connectivity index is 1.78. The number of nitrogens with one attached hydrogen (secondary N) is 1. The number of carbonyl (C=O) groups excluding carboxylic acids is 1. The first-order chi connectivity index (χ1) is 8.94. The monoisotopic (exact) mass is 266 g/mol. The third-order valence-corrected chi connectivity index (χ3v) is 3.71. The molecule has 2 rings (SSSR count). The second-order valence-electron chi connectivity index (χ2n) is 5.16. The molecule has 0 bridgehead atoms. The standard InChI is InChI=1S/C13H18N2O4/c1-8-10(9(2)19-15-8)3-4-11(16)14-7-13(5-6-13)12(17)18/h3-7H2,1-2H3,(H,14,16)(H,17,18). The number of aryl methyl sites for hydroxylation is 2. The summed E-state index contributed by atoms with van der Waals surface area (Å²) in [6.07, 6.45) is 2.17. The van der Waals surface area contributed by atoms with Crippen LogP contribution in [0.25, 0.3) is 0 Å². The number of aliphatic carboxylic acids is 1. The minimum atomic E-state index is -0.821. The fourth-order valence-corrected chi connectivity index (χ4v) is 2.07. The maximum absolute atomic E-state index is 11.7. The SMILES string of the molecule is Cc1noc(C)c1CCC(=O)NCC1(C(=O)O)CC1. The van der Waals surface area contributed by atoms with Gasteiger partial charge in [0.15, 0.2) is 0 Å². The zero-order chi connectivity index (χ0) is 14.0. The highest BCUT2D eigenvalue weighted by Crippen LogP contribution is 2.45. The molecule has 0 aromatic carbocycles. The molecule has 0 aliphatic heterocycles. The van der Waals surface area contributed by atoms with Gasteiger partial charge in [-0.3, -0.25) is 9.59 Å². The minimum Gasteiger partial charge on any atom is -0.481 e. The number of aromatic nitrogens is 1. The van der Waals surface area contributed by atoms with Gasteiger partial charge in [-0.05, 0) is 33.1 Å². The highest BCUT2D eigenvalue weighted by atomic mass is 16.5. The van der Waals surface area contributed by atoms with E-state index in [1.54, 1.807) is 0 Å². The summed E-state index contributed by atoms with van der Waals surface area (Å²) in [5.41, 5.74) is 1.04. The van der Waals surface area contributed by atoms with E-state index in [4.69, 9.17) is 9.63 Å². The van der Waals surface area contributed by atoms with Crippen LogP contribution in [-0.4, -0.2) is 28.7 Å². The van der Waals surface area contributed by atoms with Gasteiger partial charge in [0.2, 0.25) is 5.91 Å². The molecule has 6 heteroatoms. The van der Waals surface area contributed by atoms with Crippen molar-refractivity contribution in [3.63, 3.8) is 0 Å². The van der Waals surface area contributed by atoms with Crippen LogP contribution in [0.3, 0.4) is 0 Å². The van der Waals surface area contributed by atoms with Crippen molar-refractivity contribution in [1.82, 2.24) is 10.5 Å². The van der Waals surface area contributed by atoms with E-state index < -0.39 is 11.4 Å². The van der Waals surface area contributed by atoms with Crippen molar-refractivity contribution in [3.05, 3.63) is 17.0 Å². The van der Waals surface area contributed by atoms with Crippen LogP contribution < -0.4 is 5.32 Å². The maximum Gasteiger partial charge on any atom is 0.311 e. The Kier molecular flexibility index (Phi) is 3.59. The van der Waals surface area contributed by atoms with Crippen LogP contribution in [-0.2, 0) is 16.0 Å². The fraction of sp³-hybridized carbons (Fsp3) is 0.615. The van der Waals surface area contributed by atoms with Gasteiger partial charge in [0.25, 0.3) is 0 Å². The first-order valence-electron chi connectivity index (χ1n) is 6.36. The number of nitrogens with zero attached hydrogens (tertiary/aromatic N) is 1. The third-order valence-electron chi connectivity index (χ3n) is 3.71. The van der Waals surface area contributed by atoms with E-state index in [-0.39, 0.29) is 12.5 Å². The molecule has 1 heterocycles. The molecule has 0 unspecified atom stereocenters. The van der Waals surface area contributed by atoms with Gasteiger partial charge in [0, 0.05) is 18.5 Å². The Morgan fingerprint density at radius 1 is 1.42 bits per heavy atom. The lowest BCUT2D eigenvalue weighted by atomic mass is 10.1. The van der Waals surface area contributed by atoms with Crippen molar-refractivity contribution >= 4 is 11.9 Å². The van der Waals surface area contributed by atoms with Crippen molar-refractivity contribution in [2.75, 3.05) is 6.54 Å². The molecule has 1 aromatic rings. The molecule has 1 amide bonds. The highest BCUT2D eigenvalue weighted by Gasteiger charge is 2.50. The van der Waals surface area contributed by atoms with E-state index in [9.17, 15) is 9.59 Å². The second-order valence-corrected chi connectivity index (χ2v) is 5.16. The molecule has 1 fully saturated rings. The molecule has 2 N–H and O–H groups in total. The number of rotatable bonds is 6. The quantitative estimate of drug-likeness (QED) is 0.807. The molecule has 1 aromatic heterocycles. The van der Waals surface area contributed by atoms with Crippen molar-refractivity contribution in [2.24, 2.45) is 5.41 Å². The van der Waals surface area contributed by atoms with Gasteiger partial charge in [-0.25, -0.2) is 0 Å². The lowest BCUT2D eigenvalue weighted by molar-refractivity contribution is -0.143. The Hall–Kier alpha value is -1.85. The summed E-state index contributed by atoms with van der Waals surface area (Å²) >= 11 is 0. The van der Waals surface area contributed by atoms with Gasteiger partial charge < -0.3 is 14.9 Å². The Morgan fingerprint density at radius 2 is 2.11 bits per heavy atom. The van der Waals surface area contributed by atoms with Crippen LogP contribution in [0.5, 0.6) is 0 Å². The lowest BCUT2D eigenvalue weighted by Crippen LogP contribution is -2.34. The Bertz CT molecular complexity index is 483. The van der Waals surface area contributed by atoms with Crippen LogP contribution in [0.2, 0.25) is 0 Å². The Labute approximate surface area is 111 Å². The molecule has 104 valence electrons. The average molecular weight is 266 g/mol. The molecule has 1 aliphatic carbocycles. The Morgan fingerprint density at radius 3 is 2.58 bits per heavy atom. The molecule has 1 saturated carbocycles. The second kappa shape index (κ2) is 5.03. The largest absolute Gasteiger partial charge is 0.481 e. The number of carboxylic acid groups (broad SMARTS) is 1. The van der Waals surface area contributed by atoms with E-state index in [0.717, 1.165) is 17.0 Å². The third kappa shape index (κ3) is 2.94. The van der Waals surface area contributed by atoms with Crippen molar-refractivity contribution in [1.29, 1.82) is 0 Å². The topological polar surface area (TPSA) is 92.4 Å². The minimum absolute atomic E-state index is 0.132. The summed E-state index contributed by atoms with van der Waals surface area (Å²) < 4.78 is 5.02. The highest BCUT2D eigenvalue weighted by molar-refractivity contribution is 5.81. The average Bonchev–Trinajstić information content (AvgIpc) is 3.09. The number of hydrogen-bond acceptors (Lipinski definition) is 4. The molecule has 1 aliphatic rings. The fourth-order valence-electron chi connectivity index (χ4n) is 2.07. The van der Waals surface area contributed by atoms with E-state index in [1.807, 2.05) is 13.8 Å². The van der Waals surface area contributed by atoms with Crippen molar-refractivity contribution < 1.29 is 19.2 Å². The number of amides is 1. The molecular formula is C13H18N2O4. The van der Waals surface area contributed by atoms with E-state index in [0.29, 0.717) is 25.7 Å². The summed E-state index contributed by atoms with van der Waals surface area (Å²) in [7, 11) is 0. The van der Waals surface area contributed by atoms with Crippen molar-refractivity contribution in [2.45, 2.75) is 39.5 Å². The van der Waals surface area contributed by atoms with Gasteiger partial charge in [-0.1, -0.05) is 5.16 Å². The summed E-state index contributed by atoms with van der Waals surface area (Å²) in [6, 6.07) is 0. The van der Waals surface area contributed by atoms with Gasteiger partial charge in [0.05, 0.1) is 11.1 Å². The molecule has 0 atom stereocenters. The van der Waals surface area contributed by atoms with Crippen LogP contribution in [0.4, 0.5) is 0 Å². The number of carboxylic acids is 1. The lowest BCUT2D eigenvalue weighted by Gasteiger charge is -2.10. The van der Waals surface area contributed by atoms with Gasteiger partial charge in [-0.15, -0.1) is 0 Å². The van der Waals surface area contributed by atoms with Gasteiger partial charge in [-0.2, -0.15) is 0 Å². The summed E-state index contributed by atoms with van der Waals surface area (Å²) in [5.74, 6) is -0.222. The molecular weight excluding hydrogens is 248 g/mol. The summed E-state index contributed by atoms with van der Waals surface area (Å²) in [6.45, 7) is 3.88. The first-order valence-corrected chi connectivity index (χ1v) is 6.36. The first kappa shape index (κ1) is 13.6. The smallest absolute Gasteiger partial charge is 0.311 e. The molecule has 6 nitrogen and oxygen atoms in total. The van der Waals surface area contributed by atoms with Crippen LogP contribution in [0, 0.1) is 19.3 Å². The molecule has 0 spiro atoms. The predicted octanol–water partition coefficient (Wildman–Crippen LogP) is 1.21. The van der Waals surface area contributed by atoms with Crippen LogP contribution in [0.1, 0.15) is 36.3 Å². The van der Waals surface area contributed by atoms with E-state index in [1.165, 1.54) is 0 Å². The summed E-state index contributed by atoms with van der Waals surface area (Å²) in [5, 5.41) is 15.5. The van der Waals surface area contributed by atoms with Gasteiger partial charge in [0.1, 0.15) is 5.76 Å². The maximum atomic E-state index is 11.7. The molecule has 19 heavy (non-hydrogen) atoms. The zero-order valence-corrected chi connectivity index (χ0v) is 11.2. The molecule has 0 radical (unpaired) electrons. The number of hydrogen-bond donors (Lipinski definition) is 2. The normalized spacial score (nSPS) is 16.1. The molecule has 0 saturated heterocycles. The van der Waals surface area contributed by atoms with Crippen molar-refractivity contribution in [3.8, 4) is 0 Å². The van der Waals surface area contributed by atoms with E-state index in [2.05, 4.69) is 10.5 Å². The summed E-state index contributed by atoms with van der Waals surface area (Å²) in [4.78, 5) is 22.7. The van der Waals surface area contributed by atoms with Crippen LogP contribution >= 0.6 is 0 Å². The van der Waals surface area contributed by atoms with Gasteiger partial charge >= 0.3 is 5.97 Å². The zero-order valence-electron chi connectivity index (χ0n) is 11.2. The van der Waals surface area contributed by atoms with Crippen LogP contribution in [0.15, 0.2) is 4.52 Å². The predicted molar refractivity (Wildman–Crippen MR) is 66.6 cm³/mol.